The highest BCUT2D eigenvalue weighted by Gasteiger charge is 2.18. The van der Waals surface area contributed by atoms with Crippen LogP contribution in [-0.2, 0) is 10.0 Å². The number of nitrogens with one attached hydrogen (secondary N) is 2. The molecule has 6 heteroatoms. The summed E-state index contributed by atoms with van der Waals surface area (Å²) in [6.07, 6.45) is 4.13. The Balaban J connectivity index is 1.93. The molecule has 0 bridgehead atoms. The van der Waals surface area contributed by atoms with E-state index in [1.165, 1.54) is 12.8 Å². The Hall–Kier alpha value is -0.590. The lowest BCUT2D eigenvalue weighted by molar-refractivity contribution is 0.393. The second-order valence-electron chi connectivity index (χ2n) is 5.32. The van der Waals surface area contributed by atoms with Gasteiger partial charge in [0.15, 0.2) is 0 Å². The SMILES string of the molecule is Cc1cc(Br)ccc1NS(=O)(=O)CCC1CCCCN1. The van der Waals surface area contributed by atoms with Crippen molar-refractivity contribution < 1.29 is 8.42 Å². The quantitative estimate of drug-likeness (QED) is 0.848. The van der Waals surface area contributed by atoms with Crippen molar-refractivity contribution in [2.75, 3.05) is 17.0 Å². The second kappa shape index (κ2) is 6.91. The molecule has 112 valence electrons. The number of sulfonamides is 1. The van der Waals surface area contributed by atoms with E-state index in [0.29, 0.717) is 18.2 Å². The van der Waals surface area contributed by atoms with Crippen molar-refractivity contribution in [3.8, 4) is 0 Å². The maximum atomic E-state index is 12.1. The molecule has 1 atom stereocenters. The van der Waals surface area contributed by atoms with Crippen molar-refractivity contribution in [2.24, 2.45) is 0 Å². The normalized spacial score (nSPS) is 19.8. The third-order valence-corrected chi connectivity index (χ3v) is 5.40. The van der Waals surface area contributed by atoms with Crippen molar-refractivity contribution >= 4 is 31.6 Å². The lowest BCUT2D eigenvalue weighted by Gasteiger charge is -2.23. The first-order valence-electron chi connectivity index (χ1n) is 6.96. The van der Waals surface area contributed by atoms with Crippen LogP contribution in [0.25, 0.3) is 0 Å². The van der Waals surface area contributed by atoms with E-state index in [4.69, 9.17) is 0 Å². The highest BCUT2D eigenvalue weighted by molar-refractivity contribution is 9.10. The van der Waals surface area contributed by atoms with Gasteiger partial charge < -0.3 is 5.32 Å². The highest BCUT2D eigenvalue weighted by atomic mass is 79.9. The van der Waals surface area contributed by atoms with Gasteiger partial charge in [0.05, 0.1) is 11.4 Å². The minimum Gasteiger partial charge on any atom is -0.314 e. The number of benzene rings is 1. The van der Waals surface area contributed by atoms with E-state index in [-0.39, 0.29) is 5.75 Å². The van der Waals surface area contributed by atoms with Crippen LogP contribution in [0.1, 0.15) is 31.2 Å². The van der Waals surface area contributed by atoms with Gasteiger partial charge >= 0.3 is 0 Å². The number of halogens is 1. The summed E-state index contributed by atoms with van der Waals surface area (Å²) >= 11 is 3.37. The molecular weight excluding hydrogens is 340 g/mol. The monoisotopic (exact) mass is 360 g/mol. The Morgan fingerprint density at radius 2 is 2.20 bits per heavy atom. The summed E-state index contributed by atoms with van der Waals surface area (Å²) in [7, 11) is -3.27. The van der Waals surface area contributed by atoms with Crippen LogP contribution in [0.2, 0.25) is 0 Å². The van der Waals surface area contributed by atoms with Gasteiger partial charge in [0.1, 0.15) is 0 Å². The molecule has 2 rings (SSSR count). The second-order valence-corrected chi connectivity index (χ2v) is 8.07. The maximum absolute atomic E-state index is 12.1. The van der Waals surface area contributed by atoms with Crippen molar-refractivity contribution in [1.82, 2.24) is 5.32 Å². The molecule has 1 aromatic rings. The first-order chi connectivity index (χ1) is 9.46. The number of rotatable bonds is 5. The van der Waals surface area contributed by atoms with E-state index < -0.39 is 10.0 Å². The first-order valence-corrected chi connectivity index (χ1v) is 9.41. The van der Waals surface area contributed by atoms with Gasteiger partial charge in [0, 0.05) is 10.5 Å². The predicted octanol–water partition coefficient (Wildman–Crippen LogP) is 3.03. The Morgan fingerprint density at radius 3 is 2.85 bits per heavy atom. The van der Waals surface area contributed by atoms with Crippen LogP contribution in [-0.4, -0.2) is 26.8 Å². The zero-order valence-electron chi connectivity index (χ0n) is 11.7. The van der Waals surface area contributed by atoms with Gasteiger partial charge in [-0.15, -0.1) is 0 Å². The van der Waals surface area contributed by atoms with Crippen LogP contribution < -0.4 is 10.0 Å². The molecule has 1 saturated heterocycles. The third-order valence-electron chi connectivity index (χ3n) is 3.60. The Kier molecular flexibility index (Phi) is 5.46. The lowest BCUT2D eigenvalue weighted by Crippen LogP contribution is -2.36. The number of anilines is 1. The Bertz CT molecular complexity index is 554. The minimum absolute atomic E-state index is 0.167. The number of aryl methyl sites for hydroxylation is 1. The molecule has 0 amide bonds. The van der Waals surface area contributed by atoms with Gasteiger partial charge in [-0.25, -0.2) is 8.42 Å². The molecule has 1 heterocycles. The topological polar surface area (TPSA) is 58.2 Å². The van der Waals surface area contributed by atoms with E-state index >= 15 is 0 Å². The van der Waals surface area contributed by atoms with Crippen LogP contribution in [0.4, 0.5) is 5.69 Å². The summed E-state index contributed by atoms with van der Waals surface area (Å²) in [5, 5.41) is 3.38. The molecule has 0 aromatic heterocycles. The van der Waals surface area contributed by atoms with Crippen LogP contribution in [0.5, 0.6) is 0 Å². The molecule has 0 spiro atoms. The summed E-state index contributed by atoms with van der Waals surface area (Å²) in [6, 6.07) is 5.87. The maximum Gasteiger partial charge on any atom is 0.232 e. The average Bonchev–Trinajstić information content (AvgIpc) is 2.41. The highest BCUT2D eigenvalue weighted by Crippen LogP contribution is 2.21. The van der Waals surface area contributed by atoms with Gasteiger partial charge in [-0.2, -0.15) is 0 Å². The smallest absolute Gasteiger partial charge is 0.232 e. The molecule has 0 saturated carbocycles. The number of hydrogen-bond acceptors (Lipinski definition) is 3. The fourth-order valence-electron chi connectivity index (χ4n) is 2.43. The van der Waals surface area contributed by atoms with E-state index in [1.54, 1.807) is 6.07 Å². The summed E-state index contributed by atoms with van der Waals surface area (Å²) in [5.74, 6) is 0.167. The molecule has 1 aliphatic heterocycles. The zero-order chi connectivity index (χ0) is 14.6. The molecule has 1 unspecified atom stereocenters. The van der Waals surface area contributed by atoms with Gasteiger partial charge in [-0.3, -0.25) is 4.72 Å². The van der Waals surface area contributed by atoms with Crippen molar-refractivity contribution in [3.05, 3.63) is 28.2 Å². The van der Waals surface area contributed by atoms with Gasteiger partial charge in [-0.1, -0.05) is 22.4 Å². The van der Waals surface area contributed by atoms with E-state index in [0.717, 1.165) is 23.0 Å². The lowest BCUT2D eigenvalue weighted by atomic mass is 10.0. The fraction of sp³-hybridized carbons (Fsp3) is 0.571. The third kappa shape index (κ3) is 4.75. The Labute approximate surface area is 129 Å². The molecule has 0 aliphatic carbocycles. The summed E-state index contributed by atoms with van der Waals surface area (Å²) < 4.78 is 27.9. The van der Waals surface area contributed by atoms with Crippen LogP contribution >= 0.6 is 15.9 Å². The molecule has 2 N–H and O–H groups in total. The van der Waals surface area contributed by atoms with Crippen LogP contribution in [0, 0.1) is 6.92 Å². The Morgan fingerprint density at radius 1 is 1.40 bits per heavy atom. The largest absolute Gasteiger partial charge is 0.314 e. The van der Waals surface area contributed by atoms with Crippen molar-refractivity contribution in [2.45, 2.75) is 38.6 Å². The van der Waals surface area contributed by atoms with Gasteiger partial charge in [0.25, 0.3) is 0 Å². The molecule has 1 fully saturated rings. The van der Waals surface area contributed by atoms with E-state index in [9.17, 15) is 8.42 Å². The fourth-order valence-corrected chi connectivity index (χ4v) is 4.16. The van der Waals surface area contributed by atoms with E-state index in [1.807, 2.05) is 19.1 Å². The van der Waals surface area contributed by atoms with Crippen molar-refractivity contribution in [3.63, 3.8) is 0 Å². The zero-order valence-corrected chi connectivity index (χ0v) is 14.1. The van der Waals surface area contributed by atoms with Gasteiger partial charge in [0.2, 0.25) is 10.0 Å². The van der Waals surface area contributed by atoms with Crippen molar-refractivity contribution in [1.29, 1.82) is 0 Å². The predicted molar refractivity (Wildman–Crippen MR) is 86.5 cm³/mol. The standard InChI is InChI=1S/C14H21BrN2O2S/c1-11-10-12(15)5-6-14(11)17-20(18,19)9-7-13-4-2-3-8-16-13/h5-6,10,13,16-17H,2-4,7-9H2,1H3. The van der Waals surface area contributed by atoms with Gasteiger partial charge in [-0.05, 0) is 56.5 Å². The minimum atomic E-state index is -3.27. The number of piperidine rings is 1. The molecule has 20 heavy (non-hydrogen) atoms. The number of hydrogen-bond donors (Lipinski definition) is 2. The average molecular weight is 361 g/mol. The summed E-state index contributed by atoms with van der Waals surface area (Å²) in [5.41, 5.74) is 1.57. The van der Waals surface area contributed by atoms with Crippen LogP contribution in [0.3, 0.4) is 0 Å². The van der Waals surface area contributed by atoms with Crippen LogP contribution in [0.15, 0.2) is 22.7 Å². The molecule has 1 aromatic carbocycles. The molecular formula is C14H21BrN2O2S. The molecule has 0 radical (unpaired) electrons. The first kappa shape index (κ1) is 15.8. The molecule has 1 aliphatic rings. The summed E-state index contributed by atoms with van der Waals surface area (Å²) in [6.45, 7) is 2.90. The summed E-state index contributed by atoms with van der Waals surface area (Å²) in [4.78, 5) is 0. The van der Waals surface area contributed by atoms with E-state index in [2.05, 4.69) is 26.0 Å². The molecule has 4 nitrogen and oxygen atoms in total.